The zero-order valence-corrected chi connectivity index (χ0v) is 22.9. The first-order valence-corrected chi connectivity index (χ1v) is 12.9. The van der Waals surface area contributed by atoms with Gasteiger partial charge in [0, 0.05) is 42.0 Å². The lowest BCUT2D eigenvalue weighted by Gasteiger charge is -2.32. The summed E-state index contributed by atoms with van der Waals surface area (Å²) in [6.07, 6.45) is 1.22. The molecule has 0 radical (unpaired) electrons. The molecule has 4 nitrogen and oxygen atoms in total. The molecule has 36 heavy (non-hydrogen) atoms. The first-order valence-electron chi connectivity index (χ1n) is 12.2. The van der Waals surface area contributed by atoms with E-state index < -0.39 is 6.04 Å². The summed E-state index contributed by atoms with van der Waals surface area (Å²) in [5.41, 5.74) is 3.98. The number of rotatable bonds is 9. The van der Waals surface area contributed by atoms with Crippen LogP contribution in [0.25, 0.3) is 0 Å². The highest BCUT2D eigenvalue weighted by molar-refractivity contribution is 6.36. The standard InChI is InChI=1S/C30H34Cl2N2O2/c1-30(2,3)23-16-13-21(14-17-23)15-18-28(35)34(20-24-25(31)11-8-12-26(24)32)27(29(36)33-4)19-22-9-6-5-7-10-22/h5-14,16-17,27H,15,18-20H2,1-4H3,(H,33,36)/t27-/m1/s1. The summed E-state index contributed by atoms with van der Waals surface area (Å²) in [7, 11) is 1.59. The minimum atomic E-state index is -0.708. The molecule has 190 valence electrons. The fourth-order valence-corrected chi connectivity index (χ4v) is 4.66. The van der Waals surface area contributed by atoms with Gasteiger partial charge in [-0.2, -0.15) is 0 Å². The van der Waals surface area contributed by atoms with Crippen LogP contribution in [-0.4, -0.2) is 29.8 Å². The summed E-state index contributed by atoms with van der Waals surface area (Å²) >= 11 is 12.9. The van der Waals surface area contributed by atoms with Crippen molar-refractivity contribution in [2.75, 3.05) is 7.05 Å². The molecule has 0 heterocycles. The van der Waals surface area contributed by atoms with Crippen LogP contribution in [-0.2, 0) is 34.4 Å². The van der Waals surface area contributed by atoms with Gasteiger partial charge in [0.25, 0.3) is 0 Å². The van der Waals surface area contributed by atoms with Crippen LogP contribution in [0.1, 0.15) is 49.4 Å². The molecule has 1 N–H and O–H groups in total. The van der Waals surface area contributed by atoms with Crippen molar-refractivity contribution in [3.8, 4) is 0 Å². The van der Waals surface area contributed by atoms with E-state index in [1.54, 1.807) is 30.1 Å². The van der Waals surface area contributed by atoms with Gasteiger partial charge in [-0.1, -0.05) is 105 Å². The molecule has 0 aliphatic rings. The highest BCUT2D eigenvalue weighted by atomic mass is 35.5. The Hall–Kier alpha value is -2.82. The zero-order chi connectivity index (χ0) is 26.3. The molecular weight excluding hydrogens is 491 g/mol. The lowest BCUT2D eigenvalue weighted by Crippen LogP contribution is -2.49. The Balaban J connectivity index is 1.89. The van der Waals surface area contributed by atoms with Crippen molar-refractivity contribution in [2.24, 2.45) is 0 Å². The number of halogens is 2. The van der Waals surface area contributed by atoms with Gasteiger partial charge in [-0.3, -0.25) is 9.59 Å². The number of aryl methyl sites for hydroxylation is 1. The number of hydrogen-bond acceptors (Lipinski definition) is 2. The van der Waals surface area contributed by atoms with Gasteiger partial charge in [0.05, 0.1) is 0 Å². The number of benzene rings is 3. The highest BCUT2D eigenvalue weighted by Crippen LogP contribution is 2.28. The first kappa shape index (κ1) is 27.8. The molecular formula is C30H34Cl2N2O2. The van der Waals surface area contributed by atoms with Crippen LogP contribution in [0.4, 0.5) is 0 Å². The Morgan fingerprint density at radius 2 is 1.47 bits per heavy atom. The molecule has 3 aromatic carbocycles. The maximum absolute atomic E-state index is 13.7. The summed E-state index contributed by atoms with van der Waals surface area (Å²) < 4.78 is 0. The largest absolute Gasteiger partial charge is 0.357 e. The summed E-state index contributed by atoms with van der Waals surface area (Å²) in [5, 5.41) is 3.66. The number of nitrogens with one attached hydrogen (secondary N) is 1. The van der Waals surface area contributed by atoms with Crippen molar-refractivity contribution >= 4 is 35.0 Å². The molecule has 0 bridgehead atoms. The van der Waals surface area contributed by atoms with Gasteiger partial charge in [0.2, 0.25) is 11.8 Å². The molecule has 0 spiro atoms. The van der Waals surface area contributed by atoms with E-state index in [4.69, 9.17) is 23.2 Å². The molecule has 0 aromatic heterocycles. The van der Waals surface area contributed by atoms with E-state index in [1.807, 2.05) is 30.3 Å². The molecule has 0 saturated carbocycles. The van der Waals surface area contributed by atoms with Gasteiger partial charge in [0.15, 0.2) is 0 Å². The van der Waals surface area contributed by atoms with Crippen molar-refractivity contribution < 1.29 is 9.59 Å². The quantitative estimate of drug-likeness (QED) is 0.342. The predicted octanol–water partition coefficient (Wildman–Crippen LogP) is 6.61. The number of hydrogen-bond donors (Lipinski definition) is 1. The van der Waals surface area contributed by atoms with Gasteiger partial charge in [-0.25, -0.2) is 0 Å². The SMILES string of the molecule is CNC(=O)[C@@H](Cc1ccccc1)N(Cc1c(Cl)cccc1Cl)C(=O)CCc1ccc(C(C)(C)C)cc1. The number of carbonyl (C=O) groups excluding carboxylic acids is 2. The van der Waals surface area contributed by atoms with Crippen LogP contribution in [0.2, 0.25) is 10.0 Å². The fraction of sp³-hybridized carbons (Fsp3) is 0.333. The topological polar surface area (TPSA) is 49.4 Å². The summed E-state index contributed by atoms with van der Waals surface area (Å²) in [4.78, 5) is 28.4. The summed E-state index contributed by atoms with van der Waals surface area (Å²) in [6.45, 7) is 6.67. The van der Waals surface area contributed by atoms with Gasteiger partial charge >= 0.3 is 0 Å². The monoisotopic (exact) mass is 524 g/mol. The van der Waals surface area contributed by atoms with E-state index in [-0.39, 0.29) is 30.2 Å². The van der Waals surface area contributed by atoms with Crippen LogP contribution in [0.5, 0.6) is 0 Å². The zero-order valence-electron chi connectivity index (χ0n) is 21.4. The van der Waals surface area contributed by atoms with Crippen molar-refractivity contribution in [2.45, 2.75) is 58.0 Å². The molecule has 0 saturated heterocycles. The molecule has 0 aliphatic carbocycles. The second-order valence-corrected chi connectivity index (χ2v) is 10.8. The Morgan fingerprint density at radius 3 is 2.03 bits per heavy atom. The van der Waals surface area contributed by atoms with E-state index in [1.165, 1.54) is 5.56 Å². The molecule has 0 unspecified atom stereocenters. The predicted molar refractivity (Wildman–Crippen MR) is 148 cm³/mol. The second kappa shape index (κ2) is 12.4. The van der Waals surface area contributed by atoms with Crippen LogP contribution in [0.3, 0.4) is 0 Å². The third kappa shape index (κ3) is 7.35. The number of likely N-dealkylation sites (N-methyl/N-ethyl adjacent to an activating group) is 1. The number of carbonyl (C=O) groups is 2. The number of nitrogens with zero attached hydrogens (tertiary/aromatic N) is 1. The fourth-order valence-electron chi connectivity index (χ4n) is 4.14. The summed E-state index contributed by atoms with van der Waals surface area (Å²) in [5.74, 6) is -0.361. The van der Waals surface area contributed by atoms with E-state index in [0.717, 1.165) is 11.1 Å². The Morgan fingerprint density at radius 1 is 0.861 bits per heavy atom. The van der Waals surface area contributed by atoms with Gasteiger partial charge in [-0.15, -0.1) is 0 Å². The van der Waals surface area contributed by atoms with Crippen LogP contribution >= 0.6 is 23.2 Å². The molecule has 3 aromatic rings. The van der Waals surface area contributed by atoms with Gasteiger partial charge in [0.1, 0.15) is 6.04 Å². The van der Waals surface area contributed by atoms with E-state index in [0.29, 0.717) is 28.5 Å². The minimum Gasteiger partial charge on any atom is -0.357 e. The minimum absolute atomic E-state index is 0.0670. The molecule has 3 rings (SSSR count). The third-order valence-corrected chi connectivity index (χ3v) is 7.06. The highest BCUT2D eigenvalue weighted by Gasteiger charge is 2.30. The molecule has 0 aliphatic heterocycles. The second-order valence-electron chi connectivity index (χ2n) is 9.99. The Labute approximate surface area is 224 Å². The number of amides is 2. The van der Waals surface area contributed by atoms with Crippen molar-refractivity contribution in [3.05, 3.63) is 105 Å². The molecule has 0 fully saturated rings. The molecule has 6 heteroatoms. The Kier molecular flexibility index (Phi) is 9.58. The third-order valence-electron chi connectivity index (χ3n) is 6.36. The van der Waals surface area contributed by atoms with Crippen molar-refractivity contribution in [3.63, 3.8) is 0 Å². The van der Waals surface area contributed by atoms with E-state index in [2.05, 4.69) is 50.4 Å². The maximum Gasteiger partial charge on any atom is 0.242 e. The van der Waals surface area contributed by atoms with Gasteiger partial charge in [-0.05, 0) is 40.7 Å². The van der Waals surface area contributed by atoms with E-state index in [9.17, 15) is 9.59 Å². The first-order chi connectivity index (χ1) is 17.1. The van der Waals surface area contributed by atoms with Crippen LogP contribution in [0, 0.1) is 0 Å². The average Bonchev–Trinajstić information content (AvgIpc) is 2.86. The summed E-state index contributed by atoms with van der Waals surface area (Å²) in [6, 6.07) is 22.6. The molecule has 1 atom stereocenters. The Bertz CT molecular complexity index is 1150. The lowest BCUT2D eigenvalue weighted by atomic mass is 9.86. The van der Waals surface area contributed by atoms with E-state index >= 15 is 0 Å². The maximum atomic E-state index is 13.7. The lowest BCUT2D eigenvalue weighted by molar-refractivity contribution is -0.141. The van der Waals surface area contributed by atoms with Crippen molar-refractivity contribution in [1.82, 2.24) is 10.2 Å². The average molecular weight is 526 g/mol. The normalized spacial score (nSPS) is 12.2. The molecule has 2 amide bonds. The smallest absolute Gasteiger partial charge is 0.242 e. The van der Waals surface area contributed by atoms with Crippen LogP contribution < -0.4 is 5.32 Å². The van der Waals surface area contributed by atoms with Gasteiger partial charge < -0.3 is 10.2 Å². The van der Waals surface area contributed by atoms with Crippen LogP contribution in [0.15, 0.2) is 72.8 Å². The van der Waals surface area contributed by atoms with Crippen molar-refractivity contribution in [1.29, 1.82) is 0 Å².